The maximum absolute atomic E-state index is 12.0. The summed E-state index contributed by atoms with van der Waals surface area (Å²) < 4.78 is 0. The van der Waals surface area contributed by atoms with Gasteiger partial charge in [0, 0.05) is 5.92 Å². The van der Waals surface area contributed by atoms with Crippen LogP contribution in [0.1, 0.15) is 52.9 Å². The molecule has 0 N–H and O–H groups in total. The van der Waals surface area contributed by atoms with Crippen molar-refractivity contribution in [1.29, 1.82) is 0 Å². The molecule has 0 aromatic carbocycles. The maximum Gasteiger partial charge on any atom is 0.177 e. The van der Waals surface area contributed by atoms with Crippen molar-refractivity contribution < 1.29 is 4.79 Å². The summed E-state index contributed by atoms with van der Waals surface area (Å²) in [5.41, 5.74) is 2.38. The molecule has 0 aromatic rings. The van der Waals surface area contributed by atoms with Crippen LogP contribution in [-0.2, 0) is 4.79 Å². The molecular formula is C14H21ClO. The van der Waals surface area contributed by atoms with E-state index in [4.69, 9.17) is 11.6 Å². The van der Waals surface area contributed by atoms with Crippen molar-refractivity contribution in [3.63, 3.8) is 0 Å². The zero-order chi connectivity index (χ0) is 12.1. The van der Waals surface area contributed by atoms with Gasteiger partial charge in [0.15, 0.2) is 5.78 Å². The molecule has 1 atom stereocenters. The van der Waals surface area contributed by atoms with Crippen LogP contribution in [0.25, 0.3) is 0 Å². The van der Waals surface area contributed by atoms with Gasteiger partial charge in [-0.3, -0.25) is 4.79 Å². The number of carbonyl (C=O) groups is 1. The molecule has 0 aliphatic heterocycles. The van der Waals surface area contributed by atoms with E-state index in [0.717, 1.165) is 37.7 Å². The van der Waals surface area contributed by atoms with Gasteiger partial charge in [-0.25, -0.2) is 0 Å². The van der Waals surface area contributed by atoms with Crippen molar-refractivity contribution in [2.24, 2.45) is 5.92 Å². The lowest BCUT2D eigenvalue weighted by atomic mass is 9.91. The minimum absolute atomic E-state index is 0.0628. The summed E-state index contributed by atoms with van der Waals surface area (Å²) >= 11 is 6.19. The van der Waals surface area contributed by atoms with Crippen LogP contribution < -0.4 is 0 Å². The van der Waals surface area contributed by atoms with E-state index in [1.54, 1.807) is 0 Å². The molecule has 0 spiro atoms. The van der Waals surface area contributed by atoms with Crippen LogP contribution in [0.2, 0.25) is 0 Å². The second-order valence-corrected chi connectivity index (χ2v) is 5.12. The highest BCUT2D eigenvalue weighted by molar-refractivity contribution is 6.43. The summed E-state index contributed by atoms with van der Waals surface area (Å²) in [5, 5.41) is 0.472. The number of ketones is 1. The van der Waals surface area contributed by atoms with E-state index in [1.165, 1.54) is 5.57 Å². The quantitative estimate of drug-likeness (QED) is 0.704. The Labute approximate surface area is 104 Å². The molecule has 0 radical (unpaired) electrons. The molecule has 0 aromatic heterocycles. The first-order chi connectivity index (χ1) is 7.56. The molecule has 0 fully saturated rings. The molecule has 0 amide bonds. The Morgan fingerprint density at radius 1 is 1.50 bits per heavy atom. The highest BCUT2D eigenvalue weighted by Crippen LogP contribution is 2.28. The fourth-order valence-corrected chi connectivity index (χ4v) is 2.27. The second kappa shape index (κ2) is 6.24. The van der Waals surface area contributed by atoms with Crippen LogP contribution in [0.15, 0.2) is 22.3 Å². The van der Waals surface area contributed by atoms with Gasteiger partial charge in [0.1, 0.15) is 0 Å². The molecule has 2 heteroatoms. The standard InChI is InChI=1S/C14H21ClO/c1-4-5-6-12-9-10(2)7-8-11(3)14(16)13(12)15/h9,11H,4-8H2,1-3H3/b10-9-,13-12+. The Balaban J connectivity index is 2.98. The number of allylic oxidation sites excluding steroid dienone is 4. The fraction of sp³-hybridized carbons (Fsp3) is 0.643. The summed E-state index contributed by atoms with van der Waals surface area (Å²) in [6.45, 7) is 6.25. The first-order valence-corrected chi connectivity index (χ1v) is 6.54. The lowest BCUT2D eigenvalue weighted by Gasteiger charge is -2.16. The van der Waals surface area contributed by atoms with E-state index in [1.807, 2.05) is 6.92 Å². The third-order valence-corrected chi connectivity index (χ3v) is 3.57. The highest BCUT2D eigenvalue weighted by atomic mass is 35.5. The SMILES string of the molecule is CCCCC1=C(\Cl)C(=O)C(C)CC/C(C)=C\1. The largest absolute Gasteiger partial charge is 0.293 e. The molecule has 16 heavy (non-hydrogen) atoms. The van der Waals surface area contributed by atoms with Gasteiger partial charge in [-0.2, -0.15) is 0 Å². The Morgan fingerprint density at radius 2 is 2.19 bits per heavy atom. The number of halogens is 1. The van der Waals surface area contributed by atoms with Crippen LogP contribution in [0.3, 0.4) is 0 Å². The Hall–Kier alpha value is -0.560. The fourth-order valence-electron chi connectivity index (χ4n) is 1.93. The van der Waals surface area contributed by atoms with Gasteiger partial charge in [-0.1, -0.05) is 43.5 Å². The molecule has 0 heterocycles. The van der Waals surface area contributed by atoms with Crippen molar-refractivity contribution in [1.82, 2.24) is 0 Å². The van der Waals surface area contributed by atoms with E-state index < -0.39 is 0 Å². The van der Waals surface area contributed by atoms with Gasteiger partial charge < -0.3 is 0 Å². The molecule has 1 aliphatic rings. The lowest BCUT2D eigenvalue weighted by molar-refractivity contribution is -0.118. The Bertz CT molecular complexity index is 326. The summed E-state index contributed by atoms with van der Waals surface area (Å²) in [4.78, 5) is 12.0. The summed E-state index contributed by atoms with van der Waals surface area (Å²) in [6.07, 6.45) is 7.18. The van der Waals surface area contributed by atoms with Gasteiger partial charge in [-0.05, 0) is 38.2 Å². The monoisotopic (exact) mass is 240 g/mol. The van der Waals surface area contributed by atoms with Crippen LogP contribution in [0, 0.1) is 5.92 Å². The van der Waals surface area contributed by atoms with Crippen LogP contribution in [-0.4, -0.2) is 5.78 Å². The predicted molar refractivity (Wildman–Crippen MR) is 69.6 cm³/mol. The predicted octanol–water partition coefficient (Wildman–Crippen LogP) is 4.61. The summed E-state index contributed by atoms with van der Waals surface area (Å²) in [5.74, 6) is 0.185. The van der Waals surface area contributed by atoms with Gasteiger partial charge in [0.05, 0.1) is 5.03 Å². The molecular weight excluding hydrogens is 220 g/mol. The first kappa shape index (κ1) is 13.5. The number of unbranched alkanes of at least 4 members (excludes halogenated alkanes) is 1. The van der Waals surface area contributed by atoms with Crippen molar-refractivity contribution in [2.45, 2.75) is 52.9 Å². The zero-order valence-corrected chi connectivity index (χ0v) is 11.2. The molecule has 90 valence electrons. The summed E-state index contributed by atoms with van der Waals surface area (Å²) in [6, 6.07) is 0. The number of hydrogen-bond acceptors (Lipinski definition) is 1. The minimum Gasteiger partial charge on any atom is -0.293 e. The molecule has 1 unspecified atom stereocenters. The molecule has 0 saturated heterocycles. The molecule has 1 nitrogen and oxygen atoms in total. The number of Topliss-reactive ketones (excluding diaryl/α,β-unsaturated/α-hetero) is 1. The van der Waals surface area contributed by atoms with Crippen LogP contribution in [0.5, 0.6) is 0 Å². The van der Waals surface area contributed by atoms with Crippen LogP contribution in [0.4, 0.5) is 0 Å². The Kier molecular flexibility index (Phi) is 5.27. The number of rotatable bonds is 3. The Morgan fingerprint density at radius 3 is 2.81 bits per heavy atom. The van der Waals surface area contributed by atoms with Crippen molar-refractivity contribution >= 4 is 17.4 Å². The van der Waals surface area contributed by atoms with Crippen LogP contribution >= 0.6 is 11.6 Å². The average molecular weight is 241 g/mol. The second-order valence-electron chi connectivity index (χ2n) is 4.74. The summed E-state index contributed by atoms with van der Waals surface area (Å²) in [7, 11) is 0. The molecule has 0 saturated carbocycles. The zero-order valence-electron chi connectivity index (χ0n) is 10.5. The smallest absolute Gasteiger partial charge is 0.177 e. The molecule has 1 aliphatic carbocycles. The van der Waals surface area contributed by atoms with Crippen molar-refractivity contribution in [2.75, 3.05) is 0 Å². The lowest BCUT2D eigenvalue weighted by Crippen LogP contribution is -2.14. The normalized spacial score (nSPS) is 30.6. The third-order valence-electron chi connectivity index (χ3n) is 3.14. The van der Waals surface area contributed by atoms with Crippen molar-refractivity contribution in [3.05, 3.63) is 22.3 Å². The van der Waals surface area contributed by atoms with Crippen molar-refractivity contribution in [3.8, 4) is 0 Å². The van der Waals surface area contributed by atoms with Gasteiger partial charge in [0.25, 0.3) is 0 Å². The van der Waals surface area contributed by atoms with Gasteiger partial charge in [-0.15, -0.1) is 0 Å². The van der Waals surface area contributed by atoms with Gasteiger partial charge >= 0.3 is 0 Å². The maximum atomic E-state index is 12.0. The van der Waals surface area contributed by atoms with Gasteiger partial charge in [0.2, 0.25) is 0 Å². The molecule has 1 rings (SSSR count). The van der Waals surface area contributed by atoms with E-state index >= 15 is 0 Å². The van der Waals surface area contributed by atoms with E-state index in [0.29, 0.717) is 5.03 Å². The van der Waals surface area contributed by atoms with E-state index in [9.17, 15) is 4.79 Å². The third kappa shape index (κ3) is 3.48. The average Bonchev–Trinajstić information content (AvgIpc) is 2.28. The first-order valence-electron chi connectivity index (χ1n) is 6.16. The van der Waals surface area contributed by atoms with E-state index in [2.05, 4.69) is 19.9 Å². The number of carbonyl (C=O) groups excluding carboxylic acids is 1. The molecule has 0 bridgehead atoms. The van der Waals surface area contributed by atoms with E-state index in [-0.39, 0.29) is 11.7 Å². The highest BCUT2D eigenvalue weighted by Gasteiger charge is 2.20. The number of hydrogen-bond donors (Lipinski definition) is 0. The topological polar surface area (TPSA) is 17.1 Å². The minimum atomic E-state index is 0.0628.